The SMILES string of the molecule is COC(=O)[C@@H]1CCC(=O)C[C@H]1c1ccc(Br)cc1. The Labute approximate surface area is 115 Å². The van der Waals surface area contributed by atoms with E-state index in [0.717, 1.165) is 10.0 Å². The van der Waals surface area contributed by atoms with Gasteiger partial charge in [0, 0.05) is 23.2 Å². The molecule has 96 valence electrons. The highest BCUT2D eigenvalue weighted by atomic mass is 79.9. The number of ether oxygens (including phenoxy) is 1. The van der Waals surface area contributed by atoms with Crippen LogP contribution in [0.2, 0.25) is 0 Å². The second-order valence-electron chi connectivity index (χ2n) is 4.57. The van der Waals surface area contributed by atoms with E-state index in [1.54, 1.807) is 0 Å². The van der Waals surface area contributed by atoms with Crippen molar-refractivity contribution in [1.82, 2.24) is 0 Å². The third kappa shape index (κ3) is 2.80. The second-order valence-corrected chi connectivity index (χ2v) is 5.48. The van der Waals surface area contributed by atoms with Crippen LogP contribution in [0.5, 0.6) is 0 Å². The number of carbonyl (C=O) groups excluding carboxylic acids is 2. The molecule has 0 amide bonds. The van der Waals surface area contributed by atoms with E-state index in [1.165, 1.54) is 7.11 Å². The molecule has 1 aliphatic carbocycles. The van der Waals surface area contributed by atoms with Crippen LogP contribution in [0.25, 0.3) is 0 Å². The van der Waals surface area contributed by atoms with Crippen molar-refractivity contribution in [3.05, 3.63) is 34.3 Å². The van der Waals surface area contributed by atoms with E-state index >= 15 is 0 Å². The van der Waals surface area contributed by atoms with Crippen LogP contribution < -0.4 is 0 Å². The Morgan fingerprint density at radius 3 is 2.61 bits per heavy atom. The number of hydrogen-bond acceptors (Lipinski definition) is 3. The Hall–Kier alpha value is -1.16. The van der Waals surface area contributed by atoms with E-state index in [-0.39, 0.29) is 23.6 Å². The zero-order valence-electron chi connectivity index (χ0n) is 10.2. The Morgan fingerprint density at radius 1 is 1.33 bits per heavy atom. The molecule has 0 aromatic heterocycles. The van der Waals surface area contributed by atoms with Crippen LogP contribution in [0.15, 0.2) is 28.7 Å². The Kier molecular flexibility index (Phi) is 4.17. The fourth-order valence-electron chi connectivity index (χ4n) is 2.50. The van der Waals surface area contributed by atoms with Gasteiger partial charge in [-0.25, -0.2) is 0 Å². The molecule has 0 bridgehead atoms. The maximum Gasteiger partial charge on any atom is 0.309 e. The summed E-state index contributed by atoms with van der Waals surface area (Å²) in [7, 11) is 1.40. The van der Waals surface area contributed by atoms with Gasteiger partial charge in [-0.2, -0.15) is 0 Å². The molecule has 1 saturated carbocycles. The predicted octanol–water partition coefficient (Wildman–Crippen LogP) is 3.07. The summed E-state index contributed by atoms with van der Waals surface area (Å²) in [4.78, 5) is 23.4. The molecule has 0 aliphatic heterocycles. The highest BCUT2D eigenvalue weighted by molar-refractivity contribution is 9.10. The molecule has 1 fully saturated rings. The molecule has 1 aliphatic rings. The average Bonchev–Trinajstić information content (AvgIpc) is 2.38. The van der Waals surface area contributed by atoms with E-state index < -0.39 is 0 Å². The van der Waals surface area contributed by atoms with Gasteiger partial charge in [0.05, 0.1) is 13.0 Å². The summed E-state index contributed by atoms with van der Waals surface area (Å²) in [6, 6.07) is 7.79. The molecule has 0 N–H and O–H groups in total. The van der Waals surface area contributed by atoms with E-state index in [0.29, 0.717) is 19.3 Å². The van der Waals surface area contributed by atoms with E-state index in [4.69, 9.17) is 4.74 Å². The maximum atomic E-state index is 11.8. The van der Waals surface area contributed by atoms with Gasteiger partial charge < -0.3 is 4.74 Å². The first kappa shape index (κ1) is 13.3. The Balaban J connectivity index is 2.27. The summed E-state index contributed by atoms with van der Waals surface area (Å²) in [5.41, 5.74) is 1.03. The van der Waals surface area contributed by atoms with Crippen LogP contribution in [0.3, 0.4) is 0 Å². The number of halogens is 1. The largest absolute Gasteiger partial charge is 0.469 e. The lowest BCUT2D eigenvalue weighted by Gasteiger charge is -2.29. The normalized spacial score (nSPS) is 23.8. The van der Waals surface area contributed by atoms with Crippen molar-refractivity contribution in [1.29, 1.82) is 0 Å². The van der Waals surface area contributed by atoms with Crippen molar-refractivity contribution < 1.29 is 14.3 Å². The van der Waals surface area contributed by atoms with Gasteiger partial charge in [-0.15, -0.1) is 0 Å². The molecule has 3 nitrogen and oxygen atoms in total. The van der Waals surface area contributed by atoms with Gasteiger partial charge in [0.1, 0.15) is 5.78 Å². The Morgan fingerprint density at radius 2 is 2.00 bits per heavy atom. The lowest BCUT2D eigenvalue weighted by molar-refractivity contribution is -0.147. The number of ketones is 1. The van der Waals surface area contributed by atoms with E-state index in [1.807, 2.05) is 24.3 Å². The number of methoxy groups -OCH3 is 1. The first-order valence-electron chi connectivity index (χ1n) is 5.97. The molecule has 2 rings (SSSR count). The molecule has 2 atom stereocenters. The fourth-order valence-corrected chi connectivity index (χ4v) is 2.77. The van der Waals surface area contributed by atoms with Gasteiger partial charge in [-0.05, 0) is 24.1 Å². The third-order valence-corrected chi connectivity index (χ3v) is 4.00. The molecule has 4 heteroatoms. The lowest BCUT2D eigenvalue weighted by Crippen LogP contribution is -2.30. The van der Waals surface area contributed by atoms with Gasteiger partial charge >= 0.3 is 5.97 Å². The molecule has 1 aromatic rings. The minimum absolute atomic E-state index is 0.0493. The van der Waals surface area contributed by atoms with Gasteiger partial charge in [0.2, 0.25) is 0 Å². The first-order valence-corrected chi connectivity index (χ1v) is 6.76. The molecule has 1 aromatic carbocycles. The molecule has 0 saturated heterocycles. The average molecular weight is 311 g/mol. The number of carbonyl (C=O) groups is 2. The van der Waals surface area contributed by atoms with Gasteiger partial charge in [0.25, 0.3) is 0 Å². The highest BCUT2D eigenvalue weighted by Crippen LogP contribution is 2.37. The van der Waals surface area contributed by atoms with Gasteiger partial charge in [-0.3, -0.25) is 9.59 Å². The lowest BCUT2D eigenvalue weighted by atomic mass is 9.75. The monoisotopic (exact) mass is 310 g/mol. The van der Waals surface area contributed by atoms with E-state index in [2.05, 4.69) is 15.9 Å². The first-order chi connectivity index (χ1) is 8.61. The number of benzene rings is 1. The zero-order chi connectivity index (χ0) is 13.1. The molecular formula is C14H15BrO3. The number of rotatable bonds is 2. The van der Waals surface area contributed by atoms with Crippen LogP contribution in [-0.2, 0) is 14.3 Å². The van der Waals surface area contributed by atoms with Crippen LogP contribution in [0.4, 0.5) is 0 Å². The summed E-state index contributed by atoms with van der Waals surface area (Å²) in [6.07, 6.45) is 1.50. The van der Waals surface area contributed by atoms with E-state index in [9.17, 15) is 9.59 Å². The standard InChI is InChI=1S/C14H15BrO3/c1-18-14(17)12-7-6-11(16)8-13(12)9-2-4-10(15)5-3-9/h2-5,12-13H,6-8H2,1H3/t12-,13+/m1/s1. The van der Waals surface area contributed by atoms with Crippen molar-refractivity contribution in [2.75, 3.05) is 7.11 Å². The number of Topliss-reactive ketones (excluding diaryl/α,β-unsaturated/α-hetero) is 1. The van der Waals surface area contributed by atoms with Gasteiger partial charge in [0.15, 0.2) is 0 Å². The molecule has 0 unspecified atom stereocenters. The number of esters is 1. The molecule has 0 spiro atoms. The third-order valence-electron chi connectivity index (χ3n) is 3.47. The summed E-state index contributed by atoms with van der Waals surface area (Å²) in [5.74, 6) is -0.237. The van der Waals surface area contributed by atoms with Crippen LogP contribution in [0.1, 0.15) is 30.7 Å². The molecule has 18 heavy (non-hydrogen) atoms. The van der Waals surface area contributed by atoms with Crippen molar-refractivity contribution in [3.8, 4) is 0 Å². The summed E-state index contributed by atoms with van der Waals surface area (Å²) >= 11 is 3.38. The van der Waals surface area contributed by atoms with Crippen molar-refractivity contribution in [2.24, 2.45) is 5.92 Å². The molecular weight excluding hydrogens is 296 g/mol. The summed E-state index contributed by atoms with van der Waals surface area (Å²) < 4.78 is 5.83. The zero-order valence-corrected chi connectivity index (χ0v) is 11.8. The second kappa shape index (κ2) is 5.65. The molecule has 0 heterocycles. The molecule has 0 radical (unpaired) electrons. The fraction of sp³-hybridized carbons (Fsp3) is 0.429. The van der Waals surface area contributed by atoms with Gasteiger partial charge in [-0.1, -0.05) is 28.1 Å². The smallest absolute Gasteiger partial charge is 0.309 e. The Bertz CT molecular complexity index is 453. The van der Waals surface area contributed by atoms with Crippen molar-refractivity contribution in [2.45, 2.75) is 25.2 Å². The number of hydrogen-bond donors (Lipinski definition) is 0. The minimum atomic E-state index is -0.213. The van der Waals surface area contributed by atoms with Crippen LogP contribution in [-0.4, -0.2) is 18.9 Å². The highest BCUT2D eigenvalue weighted by Gasteiger charge is 2.35. The van der Waals surface area contributed by atoms with Crippen LogP contribution >= 0.6 is 15.9 Å². The quantitative estimate of drug-likeness (QED) is 0.788. The van der Waals surface area contributed by atoms with Crippen molar-refractivity contribution in [3.63, 3.8) is 0 Å². The van der Waals surface area contributed by atoms with Crippen LogP contribution in [0, 0.1) is 5.92 Å². The predicted molar refractivity (Wildman–Crippen MR) is 71.2 cm³/mol. The maximum absolute atomic E-state index is 11.8. The summed E-state index contributed by atoms with van der Waals surface area (Å²) in [6.45, 7) is 0. The topological polar surface area (TPSA) is 43.4 Å². The summed E-state index contributed by atoms with van der Waals surface area (Å²) in [5, 5.41) is 0. The van der Waals surface area contributed by atoms with Crippen molar-refractivity contribution >= 4 is 27.7 Å². The minimum Gasteiger partial charge on any atom is -0.469 e.